The molecule has 0 saturated heterocycles. The number of carbonyl (C=O) groups is 2. The maximum atomic E-state index is 11.1. The molecule has 2 aromatic rings. The van der Waals surface area contributed by atoms with Crippen LogP contribution in [-0.2, 0) is 29.1 Å². The lowest BCUT2D eigenvalue weighted by atomic mass is 10.0. The molecular formula is C17H20N4O3. The van der Waals surface area contributed by atoms with Crippen LogP contribution in [-0.4, -0.2) is 45.3 Å². The van der Waals surface area contributed by atoms with Crippen molar-refractivity contribution in [2.75, 3.05) is 18.9 Å². The predicted molar refractivity (Wildman–Crippen MR) is 89.6 cm³/mol. The molecule has 1 amide bonds. The van der Waals surface area contributed by atoms with Gasteiger partial charge in [0.05, 0.1) is 5.69 Å². The van der Waals surface area contributed by atoms with Crippen LogP contribution in [0.3, 0.4) is 0 Å². The maximum absolute atomic E-state index is 11.1. The number of nitrogens with zero attached hydrogens (tertiary/aromatic N) is 3. The first kappa shape index (κ1) is 16.2. The molecule has 1 aromatic heterocycles. The molecule has 24 heavy (non-hydrogen) atoms. The monoisotopic (exact) mass is 328 g/mol. The number of nitrogens with one attached hydrogen (secondary N) is 1. The second-order valence-corrected chi connectivity index (χ2v) is 6.07. The van der Waals surface area contributed by atoms with Crippen LogP contribution in [0.4, 0.5) is 5.69 Å². The van der Waals surface area contributed by atoms with E-state index in [0.717, 1.165) is 47.7 Å². The number of aliphatic carboxylic acids is 1. The van der Waals surface area contributed by atoms with Crippen molar-refractivity contribution in [2.45, 2.75) is 26.4 Å². The minimum absolute atomic E-state index is 0.118. The van der Waals surface area contributed by atoms with E-state index in [2.05, 4.69) is 15.3 Å². The second-order valence-electron chi connectivity index (χ2n) is 6.07. The Hall–Kier alpha value is -2.67. The fraction of sp³-hybridized carbons (Fsp3) is 0.353. The Morgan fingerprint density at radius 1 is 1.29 bits per heavy atom. The molecule has 3 rings (SSSR count). The lowest BCUT2D eigenvalue weighted by molar-refractivity contribution is -0.138. The van der Waals surface area contributed by atoms with E-state index in [4.69, 9.17) is 5.11 Å². The molecule has 0 unspecified atom stereocenters. The highest BCUT2D eigenvalue weighted by Gasteiger charge is 2.24. The zero-order valence-corrected chi connectivity index (χ0v) is 13.7. The fourth-order valence-electron chi connectivity index (χ4n) is 3.03. The van der Waals surface area contributed by atoms with Crippen LogP contribution in [0.5, 0.6) is 0 Å². The zero-order valence-electron chi connectivity index (χ0n) is 13.7. The lowest BCUT2D eigenvalue weighted by Crippen LogP contribution is -2.28. The molecule has 0 radical (unpaired) electrons. The third-order valence-electron chi connectivity index (χ3n) is 4.09. The highest BCUT2D eigenvalue weighted by atomic mass is 16.4. The third kappa shape index (κ3) is 3.30. The number of likely N-dealkylation sites (N-methyl/N-ethyl adjacent to an activating group) is 1. The minimum Gasteiger partial charge on any atom is -0.480 e. The van der Waals surface area contributed by atoms with E-state index in [1.807, 2.05) is 31.3 Å². The summed E-state index contributed by atoms with van der Waals surface area (Å²) in [6.45, 7) is 2.97. The summed E-state index contributed by atoms with van der Waals surface area (Å²) in [5.41, 5.74) is 4.53. The van der Waals surface area contributed by atoms with E-state index >= 15 is 0 Å². The van der Waals surface area contributed by atoms with Gasteiger partial charge in [-0.3, -0.25) is 14.3 Å². The van der Waals surface area contributed by atoms with Crippen LogP contribution >= 0.6 is 0 Å². The molecule has 7 heteroatoms. The van der Waals surface area contributed by atoms with Crippen molar-refractivity contribution >= 4 is 17.6 Å². The SMILES string of the molecule is CC(=O)Nc1ccc(-c2nn(CC(=O)O)c3c2CN(C)CC3)cc1. The number of benzene rings is 1. The lowest BCUT2D eigenvalue weighted by Gasteiger charge is -2.23. The van der Waals surface area contributed by atoms with Crippen LogP contribution in [0.1, 0.15) is 18.2 Å². The van der Waals surface area contributed by atoms with E-state index in [1.54, 1.807) is 4.68 Å². The molecule has 0 atom stereocenters. The number of rotatable bonds is 4. The number of amides is 1. The molecule has 0 saturated carbocycles. The van der Waals surface area contributed by atoms with Crippen molar-refractivity contribution in [3.63, 3.8) is 0 Å². The van der Waals surface area contributed by atoms with Crippen LogP contribution in [0.15, 0.2) is 24.3 Å². The van der Waals surface area contributed by atoms with Gasteiger partial charge < -0.3 is 15.3 Å². The molecule has 126 valence electrons. The number of anilines is 1. The van der Waals surface area contributed by atoms with Gasteiger partial charge in [-0.15, -0.1) is 0 Å². The van der Waals surface area contributed by atoms with Gasteiger partial charge in [0.15, 0.2) is 0 Å². The quantitative estimate of drug-likeness (QED) is 0.890. The molecule has 2 heterocycles. The molecule has 1 aliphatic rings. The van der Waals surface area contributed by atoms with E-state index in [0.29, 0.717) is 0 Å². The van der Waals surface area contributed by atoms with Crippen LogP contribution in [0.25, 0.3) is 11.3 Å². The van der Waals surface area contributed by atoms with Gasteiger partial charge in [0.1, 0.15) is 6.54 Å². The molecule has 0 aliphatic carbocycles. The second kappa shape index (κ2) is 6.45. The van der Waals surface area contributed by atoms with Gasteiger partial charge >= 0.3 is 5.97 Å². The number of carbonyl (C=O) groups excluding carboxylic acids is 1. The zero-order chi connectivity index (χ0) is 17.3. The van der Waals surface area contributed by atoms with Crippen molar-refractivity contribution < 1.29 is 14.7 Å². The van der Waals surface area contributed by atoms with E-state index in [9.17, 15) is 9.59 Å². The number of hydrogen-bond acceptors (Lipinski definition) is 4. The van der Waals surface area contributed by atoms with Gasteiger partial charge in [-0.05, 0) is 19.2 Å². The first-order valence-electron chi connectivity index (χ1n) is 7.81. The van der Waals surface area contributed by atoms with Crippen molar-refractivity contribution in [2.24, 2.45) is 0 Å². The minimum atomic E-state index is -0.896. The molecule has 1 aliphatic heterocycles. The summed E-state index contributed by atoms with van der Waals surface area (Å²) in [5, 5.41) is 16.4. The average Bonchev–Trinajstić information content (AvgIpc) is 2.84. The summed E-state index contributed by atoms with van der Waals surface area (Å²) < 4.78 is 1.60. The Labute approximate surface area is 139 Å². The van der Waals surface area contributed by atoms with Gasteiger partial charge in [0, 0.05) is 48.9 Å². The molecule has 0 spiro atoms. The number of carboxylic acid groups (broad SMARTS) is 1. The Morgan fingerprint density at radius 3 is 2.62 bits per heavy atom. The number of aromatic nitrogens is 2. The van der Waals surface area contributed by atoms with Crippen molar-refractivity contribution in [3.05, 3.63) is 35.5 Å². The van der Waals surface area contributed by atoms with Crippen molar-refractivity contribution in [1.29, 1.82) is 0 Å². The van der Waals surface area contributed by atoms with Crippen LogP contribution in [0, 0.1) is 0 Å². The molecule has 0 fully saturated rings. The Bertz CT molecular complexity index is 780. The van der Waals surface area contributed by atoms with Gasteiger partial charge in [-0.25, -0.2) is 0 Å². The predicted octanol–water partition coefficient (Wildman–Crippen LogP) is 1.58. The average molecular weight is 328 g/mol. The summed E-state index contributed by atoms with van der Waals surface area (Å²) in [4.78, 5) is 24.4. The molecule has 7 nitrogen and oxygen atoms in total. The summed E-state index contributed by atoms with van der Waals surface area (Å²) >= 11 is 0. The van der Waals surface area contributed by atoms with Gasteiger partial charge in [0.2, 0.25) is 5.91 Å². The number of fused-ring (bicyclic) bond motifs is 1. The van der Waals surface area contributed by atoms with Gasteiger partial charge in [-0.1, -0.05) is 12.1 Å². The Morgan fingerprint density at radius 2 is 2.00 bits per heavy atom. The highest BCUT2D eigenvalue weighted by molar-refractivity contribution is 5.89. The van der Waals surface area contributed by atoms with Crippen LogP contribution < -0.4 is 5.32 Å². The maximum Gasteiger partial charge on any atom is 0.325 e. The van der Waals surface area contributed by atoms with E-state index in [1.165, 1.54) is 6.92 Å². The normalized spacial score (nSPS) is 14.2. The van der Waals surface area contributed by atoms with E-state index < -0.39 is 5.97 Å². The van der Waals surface area contributed by atoms with E-state index in [-0.39, 0.29) is 12.5 Å². The molecular weight excluding hydrogens is 308 g/mol. The highest BCUT2D eigenvalue weighted by Crippen LogP contribution is 2.30. The fourth-order valence-corrected chi connectivity index (χ4v) is 3.03. The Balaban J connectivity index is 1.99. The van der Waals surface area contributed by atoms with Gasteiger partial charge in [0.25, 0.3) is 0 Å². The smallest absolute Gasteiger partial charge is 0.325 e. The largest absolute Gasteiger partial charge is 0.480 e. The van der Waals surface area contributed by atoms with Crippen molar-refractivity contribution in [3.8, 4) is 11.3 Å². The molecule has 2 N–H and O–H groups in total. The number of hydrogen-bond donors (Lipinski definition) is 2. The Kier molecular flexibility index (Phi) is 4.35. The summed E-state index contributed by atoms with van der Waals surface area (Å²) in [6, 6.07) is 7.44. The summed E-state index contributed by atoms with van der Waals surface area (Å²) in [5.74, 6) is -1.01. The standard InChI is InChI=1S/C17H20N4O3/c1-11(22)18-13-5-3-12(4-6-13)17-14-9-20(2)8-7-15(14)21(19-17)10-16(23)24/h3-6H,7-10H2,1-2H3,(H,18,22)(H,23,24). The van der Waals surface area contributed by atoms with Crippen LogP contribution in [0.2, 0.25) is 0 Å². The van der Waals surface area contributed by atoms with Gasteiger partial charge in [-0.2, -0.15) is 5.10 Å². The van der Waals surface area contributed by atoms with Crippen molar-refractivity contribution in [1.82, 2.24) is 14.7 Å². The summed E-state index contributed by atoms with van der Waals surface area (Å²) in [7, 11) is 2.04. The third-order valence-corrected chi connectivity index (χ3v) is 4.09. The first-order chi connectivity index (χ1) is 11.4. The topological polar surface area (TPSA) is 87.5 Å². The number of carboxylic acids is 1. The molecule has 1 aromatic carbocycles. The first-order valence-corrected chi connectivity index (χ1v) is 7.81. The molecule has 0 bridgehead atoms. The summed E-state index contributed by atoms with van der Waals surface area (Å²) in [6.07, 6.45) is 0.788.